The zero-order valence-electron chi connectivity index (χ0n) is 11.5. The highest BCUT2D eigenvalue weighted by Crippen LogP contribution is 2.25. The lowest BCUT2D eigenvalue weighted by molar-refractivity contribution is 0.252. The van der Waals surface area contributed by atoms with Gasteiger partial charge in [0.2, 0.25) is 10.0 Å². The number of halogens is 1. The molecular formula is C12H19ClN2O3S. The van der Waals surface area contributed by atoms with Gasteiger partial charge in [0.1, 0.15) is 5.02 Å². The van der Waals surface area contributed by atoms with E-state index in [1.165, 1.54) is 0 Å². The second-order valence-corrected chi connectivity index (χ2v) is 7.65. The molecule has 0 aliphatic rings. The molecule has 0 amide bonds. The Hall–Kier alpha value is -0.850. The van der Waals surface area contributed by atoms with Crippen LogP contribution in [0.25, 0.3) is 0 Å². The third-order valence-corrected chi connectivity index (χ3v) is 5.08. The molecule has 1 aromatic rings. The maximum Gasteiger partial charge on any atom is 0.266 e. The molecule has 0 radical (unpaired) electrons. The molecule has 7 heteroatoms. The Morgan fingerprint density at radius 2 is 2.00 bits per heavy atom. The third-order valence-electron chi connectivity index (χ3n) is 3.42. The fourth-order valence-corrected chi connectivity index (χ4v) is 2.61. The topological polar surface area (TPSA) is 79.0 Å². The average molecular weight is 307 g/mol. The van der Waals surface area contributed by atoms with Crippen LogP contribution in [0, 0.1) is 11.3 Å². The number of H-pyrrole nitrogens is 1. The van der Waals surface area contributed by atoms with E-state index >= 15 is 0 Å². The van der Waals surface area contributed by atoms with E-state index in [9.17, 15) is 13.2 Å². The van der Waals surface area contributed by atoms with E-state index in [4.69, 9.17) is 11.6 Å². The number of rotatable bonds is 5. The molecule has 19 heavy (non-hydrogen) atoms. The Bertz CT molecular complexity index is 606. The number of nitrogens with one attached hydrogen (secondary N) is 2. The molecule has 0 unspecified atom stereocenters. The predicted octanol–water partition coefficient (Wildman–Crippen LogP) is 1.99. The lowest BCUT2D eigenvalue weighted by Gasteiger charge is -2.29. The molecule has 0 saturated carbocycles. The summed E-state index contributed by atoms with van der Waals surface area (Å²) in [5.41, 5.74) is -0.679. The van der Waals surface area contributed by atoms with Crippen LogP contribution in [-0.2, 0) is 10.0 Å². The molecule has 0 spiro atoms. The van der Waals surface area contributed by atoms with Crippen molar-refractivity contribution in [3.63, 3.8) is 0 Å². The van der Waals surface area contributed by atoms with E-state index in [0.717, 1.165) is 12.3 Å². The smallest absolute Gasteiger partial charge is 0.266 e. The SMILES string of the molecule is CC(C)C(C)(C)CNS(=O)(=O)c1c[nH]c(=O)c(Cl)c1. The van der Waals surface area contributed by atoms with Crippen molar-refractivity contribution < 1.29 is 8.42 Å². The second kappa shape index (κ2) is 5.64. The van der Waals surface area contributed by atoms with Gasteiger partial charge in [0.25, 0.3) is 5.56 Å². The highest BCUT2D eigenvalue weighted by atomic mass is 35.5. The highest BCUT2D eigenvalue weighted by molar-refractivity contribution is 7.89. The lowest BCUT2D eigenvalue weighted by Crippen LogP contribution is -2.37. The Balaban J connectivity index is 2.93. The van der Waals surface area contributed by atoms with Gasteiger partial charge in [-0.15, -0.1) is 0 Å². The minimum atomic E-state index is -3.67. The molecule has 0 aromatic carbocycles. The van der Waals surface area contributed by atoms with E-state index in [0.29, 0.717) is 12.5 Å². The van der Waals surface area contributed by atoms with Gasteiger partial charge in [-0.3, -0.25) is 4.79 Å². The molecular weight excluding hydrogens is 288 g/mol. The van der Waals surface area contributed by atoms with Gasteiger partial charge in [-0.05, 0) is 17.4 Å². The first kappa shape index (κ1) is 16.2. The quantitative estimate of drug-likeness (QED) is 0.873. The normalized spacial score (nSPS) is 12.9. The molecule has 0 fully saturated rings. The van der Waals surface area contributed by atoms with Crippen molar-refractivity contribution in [1.82, 2.24) is 9.71 Å². The van der Waals surface area contributed by atoms with Gasteiger partial charge < -0.3 is 4.98 Å². The molecule has 1 heterocycles. The van der Waals surface area contributed by atoms with Crippen LogP contribution >= 0.6 is 11.6 Å². The summed E-state index contributed by atoms with van der Waals surface area (Å²) in [5.74, 6) is 0.328. The summed E-state index contributed by atoms with van der Waals surface area (Å²) in [6.45, 7) is 8.35. The van der Waals surface area contributed by atoms with Gasteiger partial charge in [0.05, 0.1) is 4.90 Å². The van der Waals surface area contributed by atoms with Gasteiger partial charge in [-0.25, -0.2) is 13.1 Å². The molecule has 108 valence electrons. The van der Waals surface area contributed by atoms with Crippen molar-refractivity contribution in [3.05, 3.63) is 27.6 Å². The summed E-state index contributed by atoms with van der Waals surface area (Å²) >= 11 is 5.62. The summed E-state index contributed by atoms with van der Waals surface area (Å²) in [6, 6.07) is 1.14. The first-order valence-corrected chi connectivity index (χ1v) is 7.80. The maximum atomic E-state index is 12.1. The number of aromatic amines is 1. The Labute approximate surface area is 118 Å². The third kappa shape index (κ3) is 4.06. The molecule has 1 aromatic heterocycles. The molecule has 2 N–H and O–H groups in total. The van der Waals surface area contributed by atoms with Crippen molar-refractivity contribution in [2.75, 3.05) is 6.54 Å². The van der Waals surface area contributed by atoms with Crippen LogP contribution in [0.4, 0.5) is 0 Å². The van der Waals surface area contributed by atoms with Crippen LogP contribution in [0.3, 0.4) is 0 Å². The van der Waals surface area contributed by atoms with Crippen LogP contribution in [0.2, 0.25) is 5.02 Å². The maximum absolute atomic E-state index is 12.1. The number of sulfonamides is 1. The summed E-state index contributed by atoms with van der Waals surface area (Å²) in [6.07, 6.45) is 1.14. The standard InChI is InChI=1S/C12H19ClN2O3S/c1-8(2)12(3,4)7-15-19(17,18)9-5-10(13)11(16)14-6-9/h5-6,8,15H,7H2,1-4H3,(H,14,16). The minimum absolute atomic E-state index is 0.0448. The summed E-state index contributed by atoms with van der Waals surface area (Å²) in [5, 5.41) is -0.147. The number of pyridine rings is 1. The van der Waals surface area contributed by atoms with Gasteiger partial charge >= 0.3 is 0 Å². The van der Waals surface area contributed by atoms with Crippen LogP contribution in [0.1, 0.15) is 27.7 Å². The Morgan fingerprint density at radius 3 is 2.47 bits per heavy atom. The van der Waals surface area contributed by atoms with Crippen LogP contribution in [0.5, 0.6) is 0 Å². The van der Waals surface area contributed by atoms with Crippen molar-refractivity contribution in [2.24, 2.45) is 11.3 Å². The van der Waals surface area contributed by atoms with E-state index in [1.54, 1.807) is 0 Å². The largest absolute Gasteiger partial charge is 0.326 e. The molecule has 0 aliphatic carbocycles. The number of aromatic nitrogens is 1. The molecule has 1 rings (SSSR count). The van der Waals surface area contributed by atoms with E-state index in [1.807, 2.05) is 27.7 Å². The zero-order chi connectivity index (χ0) is 14.8. The Kier molecular flexibility index (Phi) is 4.81. The van der Waals surface area contributed by atoms with Crippen LogP contribution < -0.4 is 10.3 Å². The monoisotopic (exact) mass is 306 g/mol. The van der Waals surface area contributed by atoms with Crippen molar-refractivity contribution in [1.29, 1.82) is 0 Å². The van der Waals surface area contributed by atoms with Crippen molar-refractivity contribution in [2.45, 2.75) is 32.6 Å². The number of hydrogen-bond acceptors (Lipinski definition) is 3. The fraction of sp³-hybridized carbons (Fsp3) is 0.583. The molecule has 0 bridgehead atoms. The lowest BCUT2D eigenvalue weighted by atomic mass is 9.81. The zero-order valence-corrected chi connectivity index (χ0v) is 13.0. The van der Waals surface area contributed by atoms with Crippen LogP contribution in [0.15, 0.2) is 22.0 Å². The minimum Gasteiger partial charge on any atom is -0.326 e. The van der Waals surface area contributed by atoms with Gasteiger partial charge in [0, 0.05) is 12.7 Å². The van der Waals surface area contributed by atoms with Crippen molar-refractivity contribution in [3.8, 4) is 0 Å². The first-order chi connectivity index (χ1) is 8.56. The molecule has 5 nitrogen and oxygen atoms in total. The van der Waals surface area contributed by atoms with Gasteiger partial charge in [-0.2, -0.15) is 0 Å². The summed E-state index contributed by atoms with van der Waals surface area (Å²) < 4.78 is 26.7. The molecule has 0 saturated heterocycles. The van der Waals surface area contributed by atoms with E-state index < -0.39 is 15.6 Å². The van der Waals surface area contributed by atoms with Gasteiger partial charge in [-0.1, -0.05) is 39.3 Å². The molecule has 0 atom stereocenters. The van der Waals surface area contributed by atoms with E-state index in [-0.39, 0.29) is 15.3 Å². The summed E-state index contributed by atoms with van der Waals surface area (Å²) in [4.78, 5) is 13.3. The Morgan fingerprint density at radius 1 is 1.42 bits per heavy atom. The average Bonchev–Trinajstić information content (AvgIpc) is 2.30. The highest BCUT2D eigenvalue weighted by Gasteiger charge is 2.25. The van der Waals surface area contributed by atoms with Crippen molar-refractivity contribution >= 4 is 21.6 Å². The second-order valence-electron chi connectivity index (χ2n) is 5.48. The molecule has 0 aliphatic heterocycles. The van der Waals surface area contributed by atoms with Crippen LogP contribution in [-0.4, -0.2) is 19.9 Å². The number of hydrogen-bond donors (Lipinski definition) is 2. The van der Waals surface area contributed by atoms with Gasteiger partial charge in [0.15, 0.2) is 0 Å². The predicted molar refractivity (Wildman–Crippen MR) is 75.9 cm³/mol. The fourth-order valence-electron chi connectivity index (χ4n) is 1.16. The first-order valence-electron chi connectivity index (χ1n) is 5.94. The summed E-state index contributed by atoms with van der Waals surface area (Å²) in [7, 11) is -3.67. The van der Waals surface area contributed by atoms with E-state index in [2.05, 4.69) is 9.71 Å².